The third kappa shape index (κ3) is 8.25. The Morgan fingerprint density at radius 3 is 2.64 bits per heavy atom. The van der Waals surface area contributed by atoms with Gasteiger partial charge in [0.05, 0.1) is 0 Å². The molecule has 0 heterocycles. The molecule has 1 N–H and O–H groups in total. The van der Waals surface area contributed by atoms with Crippen LogP contribution in [-0.2, 0) is 16.0 Å². The van der Waals surface area contributed by atoms with E-state index < -0.39 is 11.7 Å². The molecule has 0 bridgehead atoms. The molecule has 0 fully saturated rings. The first-order valence-corrected chi connectivity index (χ1v) is 7.48. The Kier molecular flexibility index (Phi) is 6.83. The standard InChI is InChI=1S/C18H25NO3/c1-14(20)12-16-10-7-9-15(13-16)8-5-6-11-19-17(21)22-18(2,3)4/h5,7-10,13H,6,11-12H2,1-4H3,(H,19,21). The largest absolute Gasteiger partial charge is 0.444 e. The third-order valence-corrected chi connectivity index (χ3v) is 2.69. The Bertz CT molecular complexity index is 542. The number of amides is 1. The minimum atomic E-state index is -0.475. The van der Waals surface area contributed by atoms with Crippen molar-refractivity contribution in [3.8, 4) is 0 Å². The van der Waals surface area contributed by atoms with Crippen LogP contribution in [0.2, 0.25) is 0 Å². The molecule has 0 radical (unpaired) electrons. The molecule has 0 aliphatic heterocycles. The summed E-state index contributed by atoms with van der Waals surface area (Å²) in [6.07, 6.45) is 4.76. The van der Waals surface area contributed by atoms with E-state index in [0.717, 1.165) is 17.5 Å². The monoisotopic (exact) mass is 303 g/mol. The fourth-order valence-corrected chi connectivity index (χ4v) is 1.89. The van der Waals surface area contributed by atoms with Crippen molar-refractivity contribution in [2.24, 2.45) is 0 Å². The predicted molar refractivity (Wildman–Crippen MR) is 88.7 cm³/mol. The molecule has 1 aromatic carbocycles. The lowest BCUT2D eigenvalue weighted by molar-refractivity contribution is -0.116. The maximum atomic E-state index is 11.4. The summed E-state index contributed by atoms with van der Waals surface area (Å²) in [5, 5.41) is 2.71. The number of ketones is 1. The van der Waals surface area contributed by atoms with Crippen LogP contribution in [0, 0.1) is 0 Å². The lowest BCUT2D eigenvalue weighted by atomic mass is 10.1. The summed E-state index contributed by atoms with van der Waals surface area (Å²) in [7, 11) is 0. The lowest BCUT2D eigenvalue weighted by Gasteiger charge is -2.19. The number of benzene rings is 1. The number of hydrogen-bond acceptors (Lipinski definition) is 3. The number of ether oxygens (including phenoxy) is 1. The summed E-state index contributed by atoms with van der Waals surface area (Å²) < 4.78 is 5.15. The Labute approximate surface area is 132 Å². The van der Waals surface area contributed by atoms with Crippen molar-refractivity contribution in [1.29, 1.82) is 0 Å². The van der Waals surface area contributed by atoms with Crippen LogP contribution in [0.1, 0.15) is 45.2 Å². The van der Waals surface area contributed by atoms with Crippen LogP contribution in [0.15, 0.2) is 30.3 Å². The summed E-state index contributed by atoms with van der Waals surface area (Å²) >= 11 is 0. The quantitative estimate of drug-likeness (QED) is 0.814. The van der Waals surface area contributed by atoms with E-state index in [0.29, 0.717) is 13.0 Å². The Morgan fingerprint density at radius 1 is 1.27 bits per heavy atom. The minimum absolute atomic E-state index is 0.155. The van der Waals surface area contributed by atoms with Crippen LogP contribution in [-0.4, -0.2) is 24.0 Å². The van der Waals surface area contributed by atoms with E-state index in [9.17, 15) is 9.59 Å². The SMILES string of the molecule is CC(=O)Cc1cccc(C=CCCNC(=O)OC(C)(C)C)c1. The van der Waals surface area contributed by atoms with E-state index in [1.807, 2.05) is 57.2 Å². The summed E-state index contributed by atoms with van der Waals surface area (Å²) in [5.41, 5.74) is 1.59. The molecule has 1 aromatic rings. The average Bonchev–Trinajstić information content (AvgIpc) is 2.35. The Morgan fingerprint density at radius 2 is 2.00 bits per heavy atom. The van der Waals surface area contributed by atoms with E-state index in [1.165, 1.54) is 0 Å². The van der Waals surface area contributed by atoms with Gasteiger partial charge in [0, 0.05) is 13.0 Å². The zero-order valence-corrected chi connectivity index (χ0v) is 13.8. The maximum absolute atomic E-state index is 11.4. The molecule has 0 aromatic heterocycles. The van der Waals surface area contributed by atoms with Crippen molar-refractivity contribution in [2.45, 2.75) is 46.1 Å². The Balaban J connectivity index is 2.37. The highest BCUT2D eigenvalue weighted by atomic mass is 16.6. The van der Waals surface area contributed by atoms with E-state index in [4.69, 9.17) is 4.74 Å². The zero-order valence-electron chi connectivity index (χ0n) is 13.8. The highest BCUT2D eigenvalue weighted by Crippen LogP contribution is 2.09. The van der Waals surface area contributed by atoms with Gasteiger partial charge in [-0.15, -0.1) is 0 Å². The first kappa shape index (κ1) is 18.0. The van der Waals surface area contributed by atoms with Crippen LogP contribution in [0.4, 0.5) is 4.79 Å². The second-order valence-electron chi connectivity index (χ2n) is 6.24. The van der Waals surface area contributed by atoms with Crippen molar-refractivity contribution < 1.29 is 14.3 Å². The number of hydrogen-bond donors (Lipinski definition) is 1. The maximum Gasteiger partial charge on any atom is 0.407 e. The van der Waals surface area contributed by atoms with Gasteiger partial charge in [-0.3, -0.25) is 4.79 Å². The molecule has 1 rings (SSSR count). The van der Waals surface area contributed by atoms with Crippen molar-refractivity contribution in [2.75, 3.05) is 6.54 Å². The number of rotatable bonds is 6. The van der Waals surface area contributed by atoms with Crippen LogP contribution in [0.5, 0.6) is 0 Å². The topological polar surface area (TPSA) is 55.4 Å². The molecule has 0 atom stereocenters. The van der Waals surface area contributed by atoms with Crippen molar-refractivity contribution >= 4 is 18.0 Å². The lowest BCUT2D eigenvalue weighted by Crippen LogP contribution is -2.32. The average molecular weight is 303 g/mol. The normalized spacial score (nSPS) is 11.5. The van der Waals surface area contributed by atoms with Gasteiger partial charge in [-0.05, 0) is 45.2 Å². The molecule has 4 nitrogen and oxygen atoms in total. The smallest absolute Gasteiger partial charge is 0.407 e. The molecule has 4 heteroatoms. The first-order valence-electron chi connectivity index (χ1n) is 7.48. The van der Waals surface area contributed by atoms with Crippen LogP contribution in [0.3, 0.4) is 0 Å². The second kappa shape index (κ2) is 8.37. The van der Waals surface area contributed by atoms with E-state index >= 15 is 0 Å². The van der Waals surface area contributed by atoms with Gasteiger partial charge >= 0.3 is 6.09 Å². The van der Waals surface area contributed by atoms with Gasteiger partial charge in [0.2, 0.25) is 0 Å². The van der Waals surface area contributed by atoms with Gasteiger partial charge in [-0.1, -0.05) is 36.4 Å². The van der Waals surface area contributed by atoms with Gasteiger partial charge in [0.15, 0.2) is 0 Å². The molecule has 0 saturated carbocycles. The number of nitrogens with one attached hydrogen (secondary N) is 1. The van der Waals surface area contributed by atoms with E-state index in [2.05, 4.69) is 5.32 Å². The van der Waals surface area contributed by atoms with Gasteiger partial charge in [0.1, 0.15) is 11.4 Å². The number of carbonyl (C=O) groups excluding carboxylic acids is 2. The number of carbonyl (C=O) groups is 2. The van der Waals surface area contributed by atoms with Crippen LogP contribution >= 0.6 is 0 Å². The summed E-state index contributed by atoms with van der Waals surface area (Å²) in [5.74, 6) is 0.155. The highest BCUT2D eigenvalue weighted by molar-refractivity contribution is 5.78. The van der Waals surface area contributed by atoms with Gasteiger partial charge in [0.25, 0.3) is 0 Å². The first-order chi connectivity index (χ1) is 10.3. The fourth-order valence-electron chi connectivity index (χ4n) is 1.89. The van der Waals surface area contributed by atoms with E-state index in [-0.39, 0.29) is 5.78 Å². The van der Waals surface area contributed by atoms with E-state index in [1.54, 1.807) is 6.92 Å². The number of Topliss-reactive ketones (excluding diaryl/α,β-unsaturated/α-hetero) is 1. The van der Waals surface area contributed by atoms with Gasteiger partial charge < -0.3 is 10.1 Å². The molecule has 22 heavy (non-hydrogen) atoms. The van der Waals surface area contributed by atoms with Crippen molar-refractivity contribution in [3.63, 3.8) is 0 Å². The van der Waals surface area contributed by atoms with Crippen LogP contribution in [0.25, 0.3) is 6.08 Å². The van der Waals surface area contributed by atoms with Crippen LogP contribution < -0.4 is 5.32 Å². The van der Waals surface area contributed by atoms with Crippen molar-refractivity contribution in [3.05, 3.63) is 41.5 Å². The van der Waals surface area contributed by atoms with Crippen molar-refractivity contribution in [1.82, 2.24) is 5.32 Å². The molecule has 120 valence electrons. The molecule has 1 amide bonds. The van der Waals surface area contributed by atoms with Gasteiger partial charge in [-0.25, -0.2) is 4.79 Å². The molecule has 0 saturated heterocycles. The Hall–Kier alpha value is -2.10. The number of alkyl carbamates (subject to hydrolysis) is 1. The second-order valence-corrected chi connectivity index (χ2v) is 6.24. The minimum Gasteiger partial charge on any atom is -0.444 e. The molecule has 0 unspecified atom stereocenters. The molecule has 0 spiro atoms. The summed E-state index contributed by atoms with van der Waals surface area (Å²) in [6.45, 7) is 7.62. The third-order valence-electron chi connectivity index (χ3n) is 2.69. The summed E-state index contributed by atoms with van der Waals surface area (Å²) in [6, 6.07) is 7.88. The van der Waals surface area contributed by atoms with Gasteiger partial charge in [-0.2, -0.15) is 0 Å². The summed E-state index contributed by atoms with van der Waals surface area (Å²) in [4.78, 5) is 22.6. The zero-order chi connectivity index (χ0) is 16.6. The fraction of sp³-hybridized carbons (Fsp3) is 0.444. The highest BCUT2D eigenvalue weighted by Gasteiger charge is 2.15. The molecular weight excluding hydrogens is 278 g/mol. The molecule has 0 aliphatic carbocycles. The predicted octanol–water partition coefficient (Wildman–Crippen LogP) is 3.75. The molecular formula is C18H25NO3. The molecule has 0 aliphatic rings.